The van der Waals surface area contributed by atoms with Crippen molar-refractivity contribution in [2.45, 2.75) is 26.2 Å². The van der Waals surface area contributed by atoms with Crippen LogP contribution in [0.3, 0.4) is 0 Å². The molecule has 86 valence electrons. The number of hydrogen-bond donors (Lipinski definition) is 1. The van der Waals surface area contributed by atoms with E-state index in [1.54, 1.807) is 12.3 Å². The largest absolute Gasteiger partial charge is 0.356 e. The lowest BCUT2D eigenvalue weighted by atomic mass is 10.1. The predicted molar refractivity (Wildman–Crippen MR) is 59.9 cm³/mol. The van der Waals surface area contributed by atoms with Crippen LogP contribution in [0, 0.1) is 16.7 Å². The van der Waals surface area contributed by atoms with Crippen LogP contribution >= 0.6 is 0 Å². The van der Waals surface area contributed by atoms with E-state index in [0.29, 0.717) is 23.1 Å². The summed E-state index contributed by atoms with van der Waals surface area (Å²) in [6.07, 6.45) is 2.72. The maximum Gasteiger partial charge on any atom is 0.274 e. The Balaban J connectivity index is 1.88. The summed E-state index contributed by atoms with van der Waals surface area (Å²) >= 11 is 0. The summed E-state index contributed by atoms with van der Waals surface area (Å²) in [5.74, 6) is 1.60. The molecule has 2 aromatic heterocycles. The van der Waals surface area contributed by atoms with Gasteiger partial charge in [-0.2, -0.15) is 10.2 Å². The summed E-state index contributed by atoms with van der Waals surface area (Å²) in [6.45, 7) is 4.38. The Bertz CT molecular complexity index is 602. The van der Waals surface area contributed by atoms with Crippen LogP contribution in [-0.4, -0.2) is 15.1 Å². The van der Waals surface area contributed by atoms with Crippen molar-refractivity contribution in [2.75, 3.05) is 0 Å². The van der Waals surface area contributed by atoms with Crippen molar-refractivity contribution in [3.8, 4) is 17.7 Å². The van der Waals surface area contributed by atoms with Gasteiger partial charge in [0.05, 0.1) is 5.56 Å². The Kier molecular flexibility index (Phi) is 1.90. The summed E-state index contributed by atoms with van der Waals surface area (Å²) < 4.78 is 5.20. The van der Waals surface area contributed by atoms with Crippen LogP contribution < -0.4 is 0 Å². The van der Waals surface area contributed by atoms with E-state index in [1.807, 2.05) is 0 Å². The number of nitriles is 1. The fourth-order valence-electron chi connectivity index (χ4n) is 1.98. The van der Waals surface area contributed by atoms with E-state index in [0.717, 1.165) is 12.2 Å². The molecule has 1 fully saturated rings. The van der Waals surface area contributed by atoms with Crippen LogP contribution in [0.25, 0.3) is 11.6 Å². The molecule has 2 heterocycles. The van der Waals surface area contributed by atoms with E-state index in [9.17, 15) is 0 Å². The molecule has 0 bridgehead atoms. The first-order chi connectivity index (χ1) is 8.10. The molecule has 17 heavy (non-hydrogen) atoms. The minimum atomic E-state index is 0.286. The molecule has 5 nitrogen and oxygen atoms in total. The lowest BCUT2D eigenvalue weighted by Crippen LogP contribution is -1.91. The second kappa shape index (κ2) is 3.20. The van der Waals surface area contributed by atoms with E-state index >= 15 is 0 Å². The Morgan fingerprint density at radius 1 is 1.59 bits per heavy atom. The lowest BCUT2D eigenvalue weighted by Gasteiger charge is -1.95. The van der Waals surface area contributed by atoms with Gasteiger partial charge in [-0.3, -0.25) is 0 Å². The number of nitrogens with one attached hydrogen (secondary N) is 1. The van der Waals surface area contributed by atoms with Gasteiger partial charge in [-0.25, -0.2) is 0 Å². The van der Waals surface area contributed by atoms with Gasteiger partial charge in [-0.05, 0) is 17.9 Å². The third-order valence-corrected chi connectivity index (χ3v) is 3.31. The Labute approximate surface area is 98.5 Å². The van der Waals surface area contributed by atoms with Gasteiger partial charge >= 0.3 is 0 Å². The highest BCUT2D eigenvalue weighted by molar-refractivity contribution is 5.51. The molecule has 0 spiro atoms. The van der Waals surface area contributed by atoms with Crippen LogP contribution in [0.1, 0.15) is 37.6 Å². The maximum atomic E-state index is 8.73. The van der Waals surface area contributed by atoms with Crippen molar-refractivity contribution < 1.29 is 4.52 Å². The van der Waals surface area contributed by atoms with Crippen molar-refractivity contribution in [3.05, 3.63) is 23.7 Å². The number of hydrogen-bond acceptors (Lipinski definition) is 4. The quantitative estimate of drug-likeness (QED) is 0.856. The van der Waals surface area contributed by atoms with Crippen LogP contribution in [-0.2, 0) is 0 Å². The van der Waals surface area contributed by atoms with Gasteiger partial charge < -0.3 is 9.51 Å². The summed E-state index contributed by atoms with van der Waals surface area (Å²) in [5.41, 5.74) is 1.54. The standard InChI is InChI=1S/C12H12N4O/c1-12(2)4-8(12)10-15-11(17-16-10)9-3-7(5-13)6-14-9/h3,6,8,14H,4H2,1-2H3. The van der Waals surface area contributed by atoms with Crippen molar-refractivity contribution in [3.63, 3.8) is 0 Å². The lowest BCUT2D eigenvalue weighted by molar-refractivity contribution is 0.418. The van der Waals surface area contributed by atoms with Gasteiger partial charge in [0.25, 0.3) is 5.89 Å². The highest BCUT2D eigenvalue weighted by Crippen LogP contribution is 2.57. The van der Waals surface area contributed by atoms with Crippen LogP contribution in [0.15, 0.2) is 16.8 Å². The molecule has 1 aliphatic carbocycles. The van der Waals surface area contributed by atoms with Gasteiger partial charge in [-0.15, -0.1) is 0 Å². The molecule has 3 rings (SSSR count). The molecule has 2 aromatic rings. The molecule has 0 saturated heterocycles. The molecular weight excluding hydrogens is 216 g/mol. The fourth-order valence-corrected chi connectivity index (χ4v) is 1.98. The zero-order valence-corrected chi connectivity index (χ0v) is 9.69. The van der Waals surface area contributed by atoms with Crippen molar-refractivity contribution in [1.29, 1.82) is 5.26 Å². The first-order valence-electron chi connectivity index (χ1n) is 5.52. The van der Waals surface area contributed by atoms with Crippen LogP contribution in [0.2, 0.25) is 0 Å². The van der Waals surface area contributed by atoms with Crippen molar-refractivity contribution >= 4 is 0 Å². The zero-order valence-electron chi connectivity index (χ0n) is 9.69. The zero-order chi connectivity index (χ0) is 12.0. The molecule has 1 N–H and O–H groups in total. The van der Waals surface area contributed by atoms with Crippen molar-refractivity contribution in [2.24, 2.45) is 5.41 Å². The molecular formula is C12H12N4O. The third-order valence-electron chi connectivity index (χ3n) is 3.31. The van der Waals surface area contributed by atoms with E-state index in [1.165, 1.54) is 0 Å². The Morgan fingerprint density at radius 3 is 2.94 bits per heavy atom. The highest BCUT2D eigenvalue weighted by atomic mass is 16.5. The second-order valence-electron chi connectivity index (χ2n) is 5.12. The molecule has 0 aromatic carbocycles. The molecule has 1 unspecified atom stereocenters. The summed E-state index contributed by atoms with van der Waals surface area (Å²) in [6, 6.07) is 3.75. The molecule has 1 atom stereocenters. The maximum absolute atomic E-state index is 8.73. The summed E-state index contributed by atoms with van der Waals surface area (Å²) in [5, 5.41) is 12.7. The number of rotatable bonds is 2. The van der Waals surface area contributed by atoms with Gasteiger partial charge in [0.2, 0.25) is 0 Å². The van der Waals surface area contributed by atoms with Gasteiger partial charge in [0, 0.05) is 12.1 Å². The molecule has 0 aliphatic heterocycles. The summed E-state index contributed by atoms with van der Waals surface area (Å²) in [7, 11) is 0. The van der Waals surface area contributed by atoms with E-state index in [4.69, 9.17) is 9.78 Å². The molecule has 0 amide bonds. The third kappa shape index (κ3) is 1.62. The molecule has 1 aliphatic rings. The normalized spacial score (nSPS) is 21.1. The SMILES string of the molecule is CC1(C)CC1c1noc(-c2cc(C#N)c[nH]2)n1. The van der Waals surface area contributed by atoms with E-state index < -0.39 is 0 Å². The van der Waals surface area contributed by atoms with Crippen LogP contribution in [0.4, 0.5) is 0 Å². The van der Waals surface area contributed by atoms with E-state index in [2.05, 4.69) is 35.0 Å². The minimum Gasteiger partial charge on any atom is -0.356 e. The number of aromatic amines is 1. The molecule has 1 saturated carbocycles. The molecule has 5 heteroatoms. The monoisotopic (exact) mass is 228 g/mol. The van der Waals surface area contributed by atoms with Gasteiger partial charge in [-0.1, -0.05) is 19.0 Å². The van der Waals surface area contributed by atoms with Gasteiger partial charge in [0.1, 0.15) is 11.8 Å². The number of aromatic nitrogens is 3. The average molecular weight is 228 g/mol. The minimum absolute atomic E-state index is 0.286. The Morgan fingerprint density at radius 2 is 2.35 bits per heavy atom. The number of H-pyrrole nitrogens is 1. The van der Waals surface area contributed by atoms with Crippen molar-refractivity contribution in [1.82, 2.24) is 15.1 Å². The predicted octanol–water partition coefficient (Wildman–Crippen LogP) is 2.45. The number of nitrogens with zero attached hydrogens (tertiary/aromatic N) is 3. The second-order valence-corrected chi connectivity index (χ2v) is 5.12. The first-order valence-corrected chi connectivity index (χ1v) is 5.52. The van der Waals surface area contributed by atoms with Gasteiger partial charge in [0.15, 0.2) is 5.82 Å². The smallest absolute Gasteiger partial charge is 0.274 e. The summed E-state index contributed by atoms with van der Waals surface area (Å²) in [4.78, 5) is 7.31. The molecule has 0 radical (unpaired) electrons. The highest BCUT2D eigenvalue weighted by Gasteiger charge is 2.49. The van der Waals surface area contributed by atoms with Crippen LogP contribution in [0.5, 0.6) is 0 Å². The first kappa shape index (κ1) is 10.1. The topological polar surface area (TPSA) is 78.5 Å². The fraction of sp³-hybridized carbons (Fsp3) is 0.417. The Hall–Kier alpha value is -2.09. The average Bonchev–Trinajstić information content (AvgIpc) is 2.81. The van der Waals surface area contributed by atoms with E-state index in [-0.39, 0.29) is 5.41 Å².